The van der Waals surface area contributed by atoms with E-state index in [4.69, 9.17) is 0 Å². The van der Waals surface area contributed by atoms with Gasteiger partial charge < -0.3 is 10.2 Å². The van der Waals surface area contributed by atoms with Crippen LogP contribution in [-0.4, -0.2) is 56.5 Å². The molecule has 2 aliphatic rings. The fourth-order valence-corrected chi connectivity index (χ4v) is 5.19. The van der Waals surface area contributed by atoms with Crippen LogP contribution in [0.2, 0.25) is 0 Å². The summed E-state index contributed by atoms with van der Waals surface area (Å²) in [5.41, 5.74) is 0. The van der Waals surface area contributed by atoms with Gasteiger partial charge in [0, 0.05) is 19.1 Å². The molecule has 2 heterocycles. The van der Waals surface area contributed by atoms with E-state index in [9.17, 15) is 8.42 Å². The zero-order valence-electron chi connectivity index (χ0n) is 12.3. The average Bonchev–Trinajstić information content (AvgIpc) is 2.51. The molecule has 0 amide bonds. The van der Waals surface area contributed by atoms with Crippen LogP contribution in [0.4, 0.5) is 0 Å². The molecule has 2 aliphatic heterocycles. The van der Waals surface area contributed by atoms with Gasteiger partial charge in [-0.2, -0.15) is 0 Å². The molecular weight excluding hydrogens is 260 g/mol. The fourth-order valence-electron chi connectivity index (χ4n) is 3.32. The topological polar surface area (TPSA) is 49.4 Å². The Morgan fingerprint density at radius 3 is 2.74 bits per heavy atom. The van der Waals surface area contributed by atoms with Crippen molar-refractivity contribution in [3.05, 3.63) is 0 Å². The third-order valence-electron chi connectivity index (χ3n) is 4.24. The largest absolute Gasteiger partial charge is 0.313 e. The highest BCUT2D eigenvalue weighted by atomic mass is 32.2. The lowest BCUT2D eigenvalue weighted by atomic mass is 10.0. The minimum Gasteiger partial charge on any atom is -0.313 e. The number of nitrogens with one attached hydrogen (secondary N) is 1. The molecule has 2 unspecified atom stereocenters. The third-order valence-corrected chi connectivity index (χ3v) is 6.50. The summed E-state index contributed by atoms with van der Waals surface area (Å²) in [5, 5.41) is 3.49. The van der Waals surface area contributed by atoms with Gasteiger partial charge in [0.15, 0.2) is 9.84 Å². The van der Waals surface area contributed by atoms with Gasteiger partial charge >= 0.3 is 0 Å². The second-order valence-corrected chi connectivity index (χ2v) is 8.93. The maximum absolute atomic E-state index is 11.9. The highest BCUT2D eigenvalue weighted by Gasteiger charge is 2.33. The molecule has 0 aromatic carbocycles. The molecule has 2 fully saturated rings. The van der Waals surface area contributed by atoms with Crippen LogP contribution in [0.1, 0.15) is 39.5 Å². The lowest BCUT2D eigenvalue weighted by molar-refractivity contribution is 0.253. The molecule has 5 heteroatoms. The highest BCUT2D eigenvalue weighted by molar-refractivity contribution is 7.92. The first-order valence-corrected chi connectivity index (χ1v) is 9.36. The maximum Gasteiger partial charge on any atom is 0.154 e. The van der Waals surface area contributed by atoms with Crippen molar-refractivity contribution in [2.45, 2.75) is 50.8 Å². The molecule has 2 saturated heterocycles. The Labute approximate surface area is 117 Å². The Morgan fingerprint density at radius 1 is 1.32 bits per heavy atom. The molecule has 0 spiro atoms. The summed E-state index contributed by atoms with van der Waals surface area (Å²) in [6.45, 7) is 8.35. The van der Waals surface area contributed by atoms with Crippen LogP contribution < -0.4 is 5.32 Å². The van der Waals surface area contributed by atoms with Gasteiger partial charge in [0.2, 0.25) is 0 Å². The molecule has 2 atom stereocenters. The van der Waals surface area contributed by atoms with E-state index in [2.05, 4.69) is 24.1 Å². The molecule has 0 radical (unpaired) electrons. The molecule has 2 rings (SSSR count). The summed E-state index contributed by atoms with van der Waals surface area (Å²) in [6, 6.07) is 0.520. The van der Waals surface area contributed by atoms with Crippen LogP contribution in [0.25, 0.3) is 0 Å². The first-order chi connectivity index (χ1) is 8.97. The van der Waals surface area contributed by atoms with Crippen molar-refractivity contribution in [3.8, 4) is 0 Å². The summed E-state index contributed by atoms with van der Waals surface area (Å²) >= 11 is 0. The average molecular weight is 288 g/mol. The van der Waals surface area contributed by atoms with Crippen LogP contribution in [0, 0.1) is 5.92 Å². The van der Waals surface area contributed by atoms with E-state index in [1.807, 2.05) is 0 Å². The van der Waals surface area contributed by atoms with Crippen molar-refractivity contribution in [2.24, 2.45) is 5.92 Å². The quantitative estimate of drug-likeness (QED) is 0.846. The van der Waals surface area contributed by atoms with E-state index in [0.717, 1.165) is 45.4 Å². The lowest BCUT2D eigenvalue weighted by Crippen LogP contribution is -2.42. The minimum absolute atomic E-state index is 0.106. The second-order valence-electron chi connectivity index (χ2n) is 6.52. The van der Waals surface area contributed by atoms with Gasteiger partial charge in [-0.25, -0.2) is 8.42 Å². The molecule has 4 nitrogen and oxygen atoms in total. The Kier molecular flexibility index (Phi) is 5.26. The number of sulfone groups is 1. The van der Waals surface area contributed by atoms with Crippen molar-refractivity contribution >= 4 is 9.84 Å². The van der Waals surface area contributed by atoms with E-state index in [1.165, 1.54) is 6.42 Å². The third kappa shape index (κ3) is 4.43. The summed E-state index contributed by atoms with van der Waals surface area (Å²) in [7, 11) is -2.80. The zero-order valence-corrected chi connectivity index (χ0v) is 13.1. The summed E-state index contributed by atoms with van der Waals surface area (Å²) in [4.78, 5) is 2.38. The van der Waals surface area contributed by atoms with E-state index in [1.54, 1.807) is 0 Å². The Hall–Kier alpha value is -0.130. The van der Waals surface area contributed by atoms with Crippen LogP contribution >= 0.6 is 0 Å². The SMILES string of the molecule is CC(C)CC1CN(CC2CCCS2(=O)=O)CCCN1. The highest BCUT2D eigenvalue weighted by Crippen LogP contribution is 2.22. The number of nitrogens with zero attached hydrogens (tertiary/aromatic N) is 1. The van der Waals surface area contributed by atoms with Gasteiger partial charge in [0.25, 0.3) is 0 Å². The molecule has 112 valence electrons. The predicted molar refractivity (Wildman–Crippen MR) is 79.1 cm³/mol. The van der Waals surface area contributed by atoms with E-state index in [0.29, 0.717) is 17.7 Å². The van der Waals surface area contributed by atoms with Crippen LogP contribution in [0.5, 0.6) is 0 Å². The molecule has 19 heavy (non-hydrogen) atoms. The van der Waals surface area contributed by atoms with Crippen LogP contribution in [0.3, 0.4) is 0 Å². The first kappa shape index (κ1) is 15.3. The first-order valence-electron chi connectivity index (χ1n) is 7.64. The van der Waals surface area contributed by atoms with Gasteiger partial charge in [0.1, 0.15) is 0 Å². The Morgan fingerprint density at radius 2 is 2.11 bits per heavy atom. The van der Waals surface area contributed by atoms with E-state index >= 15 is 0 Å². The predicted octanol–water partition coefficient (Wildman–Crippen LogP) is 1.27. The van der Waals surface area contributed by atoms with Crippen molar-refractivity contribution in [2.75, 3.05) is 31.9 Å². The number of rotatable bonds is 4. The van der Waals surface area contributed by atoms with E-state index < -0.39 is 9.84 Å². The number of hydrogen-bond acceptors (Lipinski definition) is 4. The monoisotopic (exact) mass is 288 g/mol. The molecule has 0 bridgehead atoms. The second kappa shape index (κ2) is 6.55. The van der Waals surface area contributed by atoms with Gasteiger partial charge in [-0.05, 0) is 44.7 Å². The summed E-state index contributed by atoms with van der Waals surface area (Å²) < 4.78 is 23.9. The smallest absolute Gasteiger partial charge is 0.154 e. The molecule has 0 aromatic heterocycles. The summed E-state index contributed by atoms with van der Waals surface area (Å²) in [6.07, 6.45) is 4.02. The van der Waals surface area contributed by atoms with Crippen molar-refractivity contribution in [1.29, 1.82) is 0 Å². The van der Waals surface area contributed by atoms with E-state index in [-0.39, 0.29) is 5.25 Å². The van der Waals surface area contributed by atoms with Crippen molar-refractivity contribution in [1.82, 2.24) is 10.2 Å². The Bertz CT molecular complexity index is 381. The van der Waals surface area contributed by atoms with Crippen LogP contribution in [-0.2, 0) is 9.84 Å². The molecule has 0 aromatic rings. The zero-order chi connectivity index (χ0) is 13.9. The number of hydrogen-bond donors (Lipinski definition) is 1. The Balaban J connectivity index is 1.91. The van der Waals surface area contributed by atoms with Gasteiger partial charge in [-0.1, -0.05) is 13.8 Å². The maximum atomic E-state index is 11.9. The van der Waals surface area contributed by atoms with Gasteiger partial charge in [0.05, 0.1) is 11.0 Å². The lowest BCUT2D eigenvalue weighted by Gasteiger charge is -2.27. The van der Waals surface area contributed by atoms with Gasteiger partial charge in [-0.15, -0.1) is 0 Å². The molecule has 1 N–H and O–H groups in total. The van der Waals surface area contributed by atoms with Crippen molar-refractivity contribution < 1.29 is 8.42 Å². The molecular formula is C14H28N2O2S. The standard InChI is InChI=1S/C14H28N2O2S/c1-12(2)9-13-10-16(7-4-6-15-13)11-14-5-3-8-19(14,17)18/h12-15H,3-11H2,1-2H3. The molecule has 0 saturated carbocycles. The summed E-state index contributed by atoms with van der Waals surface area (Å²) in [5.74, 6) is 1.09. The van der Waals surface area contributed by atoms with Crippen LogP contribution in [0.15, 0.2) is 0 Å². The normalized spacial score (nSPS) is 32.6. The molecule has 0 aliphatic carbocycles. The van der Waals surface area contributed by atoms with Gasteiger partial charge in [-0.3, -0.25) is 0 Å². The minimum atomic E-state index is -2.80. The fraction of sp³-hybridized carbons (Fsp3) is 1.00. The van der Waals surface area contributed by atoms with Crippen molar-refractivity contribution in [3.63, 3.8) is 0 Å².